The van der Waals surface area contributed by atoms with Crippen LogP contribution in [0.3, 0.4) is 0 Å². The van der Waals surface area contributed by atoms with Crippen molar-refractivity contribution >= 4 is 11.9 Å². The third-order valence-electron chi connectivity index (χ3n) is 4.71. The molecule has 0 atom stereocenters. The predicted octanol–water partition coefficient (Wildman–Crippen LogP) is 2.03. The maximum Gasteiger partial charge on any atom is 0.319 e. The summed E-state index contributed by atoms with van der Waals surface area (Å²) in [6.07, 6.45) is 4.36. The number of nitrogens with zero attached hydrogens (tertiary/aromatic N) is 2. The third-order valence-corrected chi connectivity index (χ3v) is 4.71. The number of carbonyl (C=O) groups excluding carboxylic acids is 2. The number of hydrogen-bond donors (Lipinski definition) is 1. The first-order valence-corrected chi connectivity index (χ1v) is 8.59. The molecule has 3 amide bonds. The minimum Gasteiger partial charge on any atom is -0.353 e. The molecule has 0 aliphatic carbocycles. The molecule has 1 aromatic carbocycles. The van der Waals surface area contributed by atoms with E-state index in [0.717, 1.165) is 57.4 Å². The second-order valence-electron chi connectivity index (χ2n) is 6.47. The molecule has 0 saturated carbocycles. The van der Waals surface area contributed by atoms with Crippen molar-refractivity contribution in [1.29, 1.82) is 0 Å². The molecule has 3 rings (SSSR count). The maximum absolute atomic E-state index is 12.3. The Kier molecular flexibility index (Phi) is 5.16. The monoisotopic (exact) mass is 315 g/mol. The van der Waals surface area contributed by atoms with Crippen LogP contribution < -0.4 is 5.32 Å². The topological polar surface area (TPSA) is 52.7 Å². The van der Waals surface area contributed by atoms with E-state index in [1.165, 1.54) is 0 Å². The van der Waals surface area contributed by atoms with Crippen molar-refractivity contribution in [2.75, 3.05) is 26.2 Å². The summed E-state index contributed by atoms with van der Waals surface area (Å²) < 4.78 is 0. The van der Waals surface area contributed by atoms with E-state index >= 15 is 0 Å². The van der Waals surface area contributed by atoms with E-state index in [9.17, 15) is 9.59 Å². The van der Waals surface area contributed by atoms with Gasteiger partial charge in [0.1, 0.15) is 0 Å². The normalized spacial score (nSPS) is 19.0. The summed E-state index contributed by atoms with van der Waals surface area (Å²) in [5.41, 5.74) is 1.03. The summed E-state index contributed by atoms with van der Waals surface area (Å²) in [5, 5.41) is 3.11. The van der Waals surface area contributed by atoms with Crippen molar-refractivity contribution < 1.29 is 9.59 Å². The SMILES string of the molecule is O=C(Cc1ccccc1)NC1CCN(C(=O)N2CCCC2)CC1. The molecule has 0 bridgehead atoms. The lowest BCUT2D eigenvalue weighted by Crippen LogP contribution is -2.50. The zero-order chi connectivity index (χ0) is 16.1. The van der Waals surface area contributed by atoms with E-state index in [1.807, 2.05) is 40.1 Å². The molecule has 23 heavy (non-hydrogen) atoms. The Morgan fingerprint density at radius 2 is 1.57 bits per heavy atom. The van der Waals surface area contributed by atoms with Gasteiger partial charge in [-0.3, -0.25) is 4.79 Å². The highest BCUT2D eigenvalue weighted by molar-refractivity contribution is 5.79. The molecular formula is C18H25N3O2. The van der Waals surface area contributed by atoms with Gasteiger partial charge in [0.2, 0.25) is 5.91 Å². The summed E-state index contributed by atoms with van der Waals surface area (Å²) in [4.78, 5) is 28.3. The van der Waals surface area contributed by atoms with Crippen LogP contribution in [0.4, 0.5) is 4.79 Å². The van der Waals surface area contributed by atoms with Gasteiger partial charge in [0.05, 0.1) is 6.42 Å². The van der Waals surface area contributed by atoms with Crippen LogP contribution in [0.5, 0.6) is 0 Å². The van der Waals surface area contributed by atoms with Crippen LogP contribution in [0.1, 0.15) is 31.2 Å². The Morgan fingerprint density at radius 1 is 0.957 bits per heavy atom. The summed E-state index contributed by atoms with van der Waals surface area (Å²) in [6, 6.07) is 10.2. The standard InChI is InChI=1S/C18H25N3O2/c22-17(14-15-6-2-1-3-7-15)19-16-8-12-21(13-9-16)18(23)20-10-4-5-11-20/h1-3,6-7,16H,4-5,8-14H2,(H,19,22). The molecule has 2 fully saturated rings. The van der Waals surface area contributed by atoms with Crippen molar-refractivity contribution in [2.45, 2.75) is 38.1 Å². The van der Waals surface area contributed by atoms with Crippen LogP contribution in [-0.2, 0) is 11.2 Å². The van der Waals surface area contributed by atoms with Crippen molar-refractivity contribution in [3.05, 3.63) is 35.9 Å². The Balaban J connectivity index is 1.42. The minimum absolute atomic E-state index is 0.0699. The van der Waals surface area contributed by atoms with Gasteiger partial charge in [0.25, 0.3) is 0 Å². The quantitative estimate of drug-likeness (QED) is 0.928. The average Bonchev–Trinajstić information content (AvgIpc) is 3.10. The first kappa shape index (κ1) is 15.8. The van der Waals surface area contributed by atoms with Gasteiger partial charge in [-0.25, -0.2) is 4.79 Å². The zero-order valence-corrected chi connectivity index (χ0v) is 13.5. The number of likely N-dealkylation sites (tertiary alicyclic amines) is 2. The first-order valence-electron chi connectivity index (χ1n) is 8.59. The van der Waals surface area contributed by atoms with Crippen molar-refractivity contribution in [3.63, 3.8) is 0 Å². The molecule has 5 nitrogen and oxygen atoms in total. The van der Waals surface area contributed by atoms with E-state index < -0.39 is 0 Å². The number of carbonyl (C=O) groups is 2. The Hall–Kier alpha value is -2.04. The van der Waals surface area contributed by atoms with Crippen molar-refractivity contribution in [1.82, 2.24) is 15.1 Å². The van der Waals surface area contributed by atoms with Crippen LogP contribution >= 0.6 is 0 Å². The second kappa shape index (κ2) is 7.49. The molecule has 0 aromatic heterocycles. The third kappa shape index (κ3) is 4.24. The van der Waals surface area contributed by atoms with Gasteiger partial charge in [-0.15, -0.1) is 0 Å². The number of urea groups is 1. The predicted molar refractivity (Wildman–Crippen MR) is 89.1 cm³/mol. The average molecular weight is 315 g/mol. The van der Waals surface area contributed by atoms with Crippen LogP contribution in [0, 0.1) is 0 Å². The number of amides is 3. The van der Waals surface area contributed by atoms with Crippen molar-refractivity contribution in [2.24, 2.45) is 0 Å². The number of hydrogen-bond acceptors (Lipinski definition) is 2. The zero-order valence-electron chi connectivity index (χ0n) is 13.5. The van der Waals surface area contributed by atoms with E-state index in [2.05, 4.69) is 5.32 Å². The van der Waals surface area contributed by atoms with Crippen LogP contribution in [0.15, 0.2) is 30.3 Å². The van der Waals surface area contributed by atoms with Gasteiger partial charge in [-0.05, 0) is 31.2 Å². The minimum atomic E-state index is 0.0699. The van der Waals surface area contributed by atoms with Gasteiger partial charge < -0.3 is 15.1 Å². The molecule has 1 N–H and O–H groups in total. The summed E-state index contributed by atoms with van der Waals surface area (Å²) in [6.45, 7) is 3.27. The van der Waals surface area contributed by atoms with E-state index in [-0.39, 0.29) is 18.0 Å². The number of benzene rings is 1. The fraction of sp³-hybridized carbons (Fsp3) is 0.556. The number of nitrogens with one attached hydrogen (secondary N) is 1. The highest BCUT2D eigenvalue weighted by Crippen LogP contribution is 2.16. The molecule has 0 radical (unpaired) electrons. The summed E-state index contributed by atoms with van der Waals surface area (Å²) >= 11 is 0. The molecule has 124 valence electrons. The number of piperidine rings is 1. The smallest absolute Gasteiger partial charge is 0.319 e. The van der Waals surface area contributed by atoms with Gasteiger partial charge in [0.15, 0.2) is 0 Å². The highest BCUT2D eigenvalue weighted by atomic mass is 16.2. The fourth-order valence-corrected chi connectivity index (χ4v) is 3.38. The summed E-state index contributed by atoms with van der Waals surface area (Å²) in [7, 11) is 0. The molecule has 0 unspecified atom stereocenters. The second-order valence-corrected chi connectivity index (χ2v) is 6.47. The molecule has 5 heteroatoms. The lowest BCUT2D eigenvalue weighted by atomic mass is 10.0. The Morgan fingerprint density at radius 3 is 2.22 bits per heavy atom. The van der Waals surface area contributed by atoms with E-state index in [1.54, 1.807) is 0 Å². The Bertz CT molecular complexity index is 532. The maximum atomic E-state index is 12.3. The molecule has 2 aliphatic rings. The largest absolute Gasteiger partial charge is 0.353 e. The van der Waals surface area contributed by atoms with Crippen molar-refractivity contribution in [3.8, 4) is 0 Å². The molecule has 0 spiro atoms. The molecule has 1 aromatic rings. The molecule has 2 saturated heterocycles. The fourth-order valence-electron chi connectivity index (χ4n) is 3.38. The molecular weight excluding hydrogens is 290 g/mol. The molecule has 2 heterocycles. The highest BCUT2D eigenvalue weighted by Gasteiger charge is 2.28. The Labute approximate surface area is 137 Å². The van der Waals surface area contributed by atoms with Gasteiger partial charge in [-0.1, -0.05) is 30.3 Å². The first-order chi connectivity index (χ1) is 11.2. The summed E-state index contributed by atoms with van der Waals surface area (Å²) in [5.74, 6) is 0.0699. The van der Waals surface area contributed by atoms with E-state index in [4.69, 9.17) is 0 Å². The van der Waals surface area contributed by atoms with Crippen LogP contribution in [-0.4, -0.2) is 54.0 Å². The lowest BCUT2D eigenvalue weighted by molar-refractivity contribution is -0.121. The van der Waals surface area contributed by atoms with E-state index in [0.29, 0.717) is 6.42 Å². The van der Waals surface area contributed by atoms with Crippen LogP contribution in [0.25, 0.3) is 0 Å². The van der Waals surface area contributed by atoms with Crippen LogP contribution in [0.2, 0.25) is 0 Å². The number of rotatable bonds is 3. The van der Waals surface area contributed by atoms with Gasteiger partial charge in [-0.2, -0.15) is 0 Å². The van der Waals surface area contributed by atoms with Gasteiger partial charge in [0, 0.05) is 32.2 Å². The van der Waals surface area contributed by atoms with Gasteiger partial charge >= 0.3 is 6.03 Å². The molecule has 2 aliphatic heterocycles. The lowest BCUT2D eigenvalue weighted by Gasteiger charge is -2.34.